The highest BCUT2D eigenvalue weighted by Crippen LogP contribution is 2.30. The first-order valence-electron chi connectivity index (χ1n) is 6.41. The van der Waals surface area contributed by atoms with E-state index in [4.69, 9.17) is 4.74 Å². The molecule has 1 aromatic heterocycles. The minimum atomic E-state index is -0.172. The van der Waals surface area contributed by atoms with Gasteiger partial charge in [-0.1, -0.05) is 15.9 Å². The first-order valence-corrected chi connectivity index (χ1v) is 8.02. The summed E-state index contributed by atoms with van der Waals surface area (Å²) in [5.74, 6) is 0.616. The maximum atomic E-state index is 12.3. The van der Waals surface area contributed by atoms with Gasteiger partial charge >= 0.3 is 0 Å². The smallest absolute Gasteiger partial charge is 0.256 e. The molecule has 0 saturated heterocycles. The van der Waals surface area contributed by atoms with E-state index >= 15 is 0 Å². The third-order valence-electron chi connectivity index (χ3n) is 3.23. The number of thiazole rings is 1. The van der Waals surface area contributed by atoms with Crippen molar-refractivity contribution in [2.45, 2.75) is 13.8 Å². The van der Waals surface area contributed by atoms with Crippen LogP contribution in [0.3, 0.4) is 0 Å². The molecule has 2 aromatic rings. The zero-order valence-electron chi connectivity index (χ0n) is 11.6. The Hall–Kier alpha value is -1.66. The SMILES string of the molecule is Cc1nc(NC(=O)C2=Cc3cc(Br)ccc3OC2)sc1C. The van der Waals surface area contributed by atoms with Crippen molar-refractivity contribution >= 4 is 44.4 Å². The molecule has 0 spiro atoms. The molecule has 0 bridgehead atoms. The zero-order chi connectivity index (χ0) is 15.0. The fourth-order valence-electron chi connectivity index (χ4n) is 1.98. The molecular formula is C15H13BrN2O2S. The Balaban J connectivity index is 1.82. The van der Waals surface area contributed by atoms with E-state index in [2.05, 4.69) is 26.2 Å². The predicted octanol–water partition coefficient (Wildman–Crippen LogP) is 3.94. The summed E-state index contributed by atoms with van der Waals surface area (Å²) in [5.41, 5.74) is 2.43. The van der Waals surface area contributed by atoms with Gasteiger partial charge in [-0.3, -0.25) is 10.1 Å². The standard InChI is InChI=1S/C15H13BrN2O2S/c1-8-9(2)21-15(17-8)18-14(19)11-5-10-6-12(16)3-4-13(10)20-7-11/h3-6H,7H2,1-2H3,(H,17,18,19). The normalized spacial score (nSPS) is 13.2. The maximum absolute atomic E-state index is 12.3. The van der Waals surface area contributed by atoms with Gasteiger partial charge in [0.05, 0.1) is 11.3 Å². The highest BCUT2D eigenvalue weighted by Gasteiger charge is 2.18. The van der Waals surface area contributed by atoms with Gasteiger partial charge in [0.25, 0.3) is 5.91 Å². The van der Waals surface area contributed by atoms with Crippen LogP contribution in [0.15, 0.2) is 28.2 Å². The van der Waals surface area contributed by atoms with Crippen molar-refractivity contribution in [3.05, 3.63) is 44.4 Å². The van der Waals surface area contributed by atoms with Crippen molar-refractivity contribution in [1.82, 2.24) is 4.98 Å². The fraction of sp³-hybridized carbons (Fsp3) is 0.200. The predicted molar refractivity (Wildman–Crippen MR) is 87.8 cm³/mol. The Bertz CT molecular complexity index is 733. The molecule has 1 aliphatic rings. The van der Waals surface area contributed by atoms with Crippen LogP contribution in [0, 0.1) is 13.8 Å². The highest BCUT2D eigenvalue weighted by molar-refractivity contribution is 9.10. The molecule has 108 valence electrons. The summed E-state index contributed by atoms with van der Waals surface area (Å²) in [6.45, 7) is 4.18. The quantitative estimate of drug-likeness (QED) is 0.877. The highest BCUT2D eigenvalue weighted by atomic mass is 79.9. The summed E-state index contributed by atoms with van der Waals surface area (Å²) < 4.78 is 6.56. The molecule has 1 aliphatic heterocycles. The number of ether oxygens (including phenoxy) is 1. The molecule has 21 heavy (non-hydrogen) atoms. The van der Waals surface area contributed by atoms with E-state index in [1.807, 2.05) is 38.1 Å². The van der Waals surface area contributed by atoms with Crippen molar-refractivity contribution < 1.29 is 9.53 Å². The van der Waals surface area contributed by atoms with Crippen LogP contribution in [0.1, 0.15) is 16.1 Å². The van der Waals surface area contributed by atoms with E-state index in [1.54, 1.807) is 0 Å². The van der Waals surface area contributed by atoms with E-state index in [-0.39, 0.29) is 12.5 Å². The summed E-state index contributed by atoms with van der Waals surface area (Å²) in [7, 11) is 0. The maximum Gasteiger partial charge on any atom is 0.256 e. The Morgan fingerprint density at radius 3 is 2.95 bits per heavy atom. The van der Waals surface area contributed by atoms with Gasteiger partial charge in [-0.25, -0.2) is 4.98 Å². The molecule has 0 fully saturated rings. The molecule has 6 heteroatoms. The van der Waals surface area contributed by atoms with Crippen molar-refractivity contribution in [3.63, 3.8) is 0 Å². The number of hydrogen-bond donors (Lipinski definition) is 1. The summed E-state index contributed by atoms with van der Waals surface area (Å²) in [4.78, 5) is 17.7. The second kappa shape index (κ2) is 5.61. The number of halogens is 1. The molecule has 2 heterocycles. The molecule has 0 unspecified atom stereocenters. The summed E-state index contributed by atoms with van der Waals surface area (Å²) in [6.07, 6.45) is 1.85. The molecular weight excluding hydrogens is 352 g/mol. The zero-order valence-corrected chi connectivity index (χ0v) is 14.0. The van der Waals surface area contributed by atoms with Crippen LogP contribution in [-0.2, 0) is 4.79 Å². The topological polar surface area (TPSA) is 51.2 Å². The first kappa shape index (κ1) is 14.3. The fourth-order valence-corrected chi connectivity index (χ4v) is 3.17. The van der Waals surface area contributed by atoms with Crippen LogP contribution in [0.4, 0.5) is 5.13 Å². The Morgan fingerprint density at radius 1 is 1.43 bits per heavy atom. The van der Waals surface area contributed by atoms with Crippen LogP contribution >= 0.6 is 27.3 Å². The molecule has 0 radical (unpaired) electrons. The molecule has 4 nitrogen and oxygen atoms in total. The first-order chi connectivity index (χ1) is 10.0. The van der Waals surface area contributed by atoms with Crippen LogP contribution < -0.4 is 10.1 Å². The Kier molecular flexibility index (Phi) is 3.82. The largest absolute Gasteiger partial charge is 0.488 e. The number of amides is 1. The van der Waals surface area contributed by atoms with Gasteiger partial charge < -0.3 is 4.74 Å². The van der Waals surface area contributed by atoms with Gasteiger partial charge in [0, 0.05) is 14.9 Å². The third-order valence-corrected chi connectivity index (χ3v) is 4.71. The van der Waals surface area contributed by atoms with Crippen LogP contribution in [-0.4, -0.2) is 17.5 Å². The van der Waals surface area contributed by atoms with Crippen LogP contribution in [0.5, 0.6) is 5.75 Å². The number of nitrogens with zero attached hydrogens (tertiary/aromatic N) is 1. The number of anilines is 1. The van der Waals surface area contributed by atoms with Crippen molar-refractivity contribution in [2.24, 2.45) is 0 Å². The number of rotatable bonds is 2. The lowest BCUT2D eigenvalue weighted by Crippen LogP contribution is -2.21. The van der Waals surface area contributed by atoms with E-state index in [0.717, 1.165) is 26.4 Å². The summed E-state index contributed by atoms with van der Waals surface area (Å²) in [5, 5.41) is 3.45. The number of aromatic nitrogens is 1. The van der Waals surface area contributed by atoms with Gasteiger partial charge in [-0.15, -0.1) is 11.3 Å². The number of nitrogens with one attached hydrogen (secondary N) is 1. The Morgan fingerprint density at radius 2 is 2.24 bits per heavy atom. The van der Waals surface area contributed by atoms with Gasteiger partial charge in [-0.05, 0) is 38.1 Å². The molecule has 0 atom stereocenters. The van der Waals surface area contributed by atoms with Crippen LogP contribution in [0.2, 0.25) is 0 Å². The number of benzene rings is 1. The second-order valence-corrected chi connectivity index (χ2v) is 6.87. The van der Waals surface area contributed by atoms with Gasteiger partial charge in [-0.2, -0.15) is 0 Å². The molecule has 0 aliphatic carbocycles. The lowest BCUT2D eigenvalue weighted by atomic mass is 10.1. The third kappa shape index (κ3) is 3.01. The summed E-state index contributed by atoms with van der Waals surface area (Å²) in [6, 6.07) is 5.73. The molecule has 1 amide bonds. The van der Waals surface area contributed by atoms with Crippen LogP contribution in [0.25, 0.3) is 6.08 Å². The van der Waals surface area contributed by atoms with Crippen molar-refractivity contribution in [2.75, 3.05) is 11.9 Å². The second-order valence-electron chi connectivity index (χ2n) is 4.76. The van der Waals surface area contributed by atoms with Crippen molar-refractivity contribution in [1.29, 1.82) is 0 Å². The van der Waals surface area contributed by atoms with Gasteiger partial charge in [0.15, 0.2) is 5.13 Å². The summed E-state index contributed by atoms with van der Waals surface area (Å²) >= 11 is 4.89. The number of fused-ring (bicyclic) bond motifs is 1. The molecule has 1 aromatic carbocycles. The lowest BCUT2D eigenvalue weighted by Gasteiger charge is -2.17. The molecule has 1 N–H and O–H groups in total. The molecule has 3 rings (SSSR count). The van der Waals surface area contributed by atoms with E-state index in [1.165, 1.54) is 11.3 Å². The Labute approximate surface area is 135 Å². The van der Waals surface area contributed by atoms with E-state index in [9.17, 15) is 4.79 Å². The van der Waals surface area contributed by atoms with Gasteiger partial charge in [0.1, 0.15) is 12.4 Å². The number of aryl methyl sites for hydroxylation is 2. The minimum absolute atomic E-state index is 0.172. The van der Waals surface area contributed by atoms with E-state index < -0.39 is 0 Å². The average Bonchev–Trinajstić information content (AvgIpc) is 2.76. The monoisotopic (exact) mass is 364 g/mol. The molecule has 0 saturated carbocycles. The lowest BCUT2D eigenvalue weighted by molar-refractivity contribution is -0.113. The average molecular weight is 365 g/mol. The van der Waals surface area contributed by atoms with E-state index in [0.29, 0.717) is 10.7 Å². The van der Waals surface area contributed by atoms with Gasteiger partial charge in [0.2, 0.25) is 0 Å². The minimum Gasteiger partial charge on any atom is -0.488 e. The number of hydrogen-bond acceptors (Lipinski definition) is 4. The number of carbonyl (C=O) groups is 1. The van der Waals surface area contributed by atoms with Crippen molar-refractivity contribution in [3.8, 4) is 5.75 Å². The number of carbonyl (C=O) groups excluding carboxylic acids is 1.